The highest BCUT2D eigenvalue weighted by molar-refractivity contribution is 5.95. The molecule has 10 nitrogen and oxygen atoms in total. The van der Waals surface area contributed by atoms with Gasteiger partial charge in [-0.05, 0) is 62.4 Å². The molecule has 1 aromatic carbocycles. The minimum absolute atomic E-state index is 0.0316. The molecule has 10 heteroatoms. The number of fused-ring (bicyclic) bond motifs is 8. The van der Waals surface area contributed by atoms with Gasteiger partial charge in [-0.2, -0.15) is 0 Å². The Hall–Kier alpha value is -3.95. The fourth-order valence-corrected chi connectivity index (χ4v) is 5.57. The molecule has 2 amide bonds. The number of ether oxygens (including phenoxy) is 1. The highest BCUT2D eigenvalue weighted by atomic mass is 16.5. The van der Waals surface area contributed by atoms with Crippen LogP contribution in [-0.2, 0) is 31.2 Å². The summed E-state index contributed by atoms with van der Waals surface area (Å²) in [6.45, 7) is 6.17. The van der Waals surface area contributed by atoms with E-state index in [9.17, 15) is 14.4 Å². The van der Waals surface area contributed by atoms with Crippen LogP contribution < -0.4 is 15.6 Å². The number of rotatable bonds is 1. The number of likely N-dealkylation sites (tertiary alicyclic amines) is 1. The highest BCUT2D eigenvalue weighted by Crippen LogP contribution is 2.36. The van der Waals surface area contributed by atoms with Gasteiger partial charge in [-0.3, -0.25) is 19.1 Å². The van der Waals surface area contributed by atoms with E-state index in [2.05, 4.69) is 15.6 Å². The molecule has 1 spiro atoms. The van der Waals surface area contributed by atoms with Crippen molar-refractivity contribution in [1.82, 2.24) is 29.8 Å². The lowest BCUT2D eigenvalue weighted by Crippen LogP contribution is -2.52. The fourth-order valence-electron chi connectivity index (χ4n) is 5.57. The number of carbonyl (C=O) groups excluding carboxylic acids is 2. The zero-order valence-corrected chi connectivity index (χ0v) is 22.9. The van der Waals surface area contributed by atoms with Crippen LogP contribution in [0.25, 0.3) is 0 Å². The van der Waals surface area contributed by atoms with Crippen molar-refractivity contribution < 1.29 is 14.3 Å². The normalized spacial score (nSPS) is 17.9. The van der Waals surface area contributed by atoms with Crippen molar-refractivity contribution >= 4 is 11.8 Å². The van der Waals surface area contributed by atoms with Gasteiger partial charge in [0.1, 0.15) is 11.3 Å². The van der Waals surface area contributed by atoms with Crippen LogP contribution in [0.2, 0.25) is 0 Å². The standard InChI is InChI=1S/C29H36N6O4/c1-20-17-21(2)33(3)26(36)25(20)27(37)34-14-10-29(11-15-34)18-23-19-35(32-31-23)13-4-16-39-24-7-5-22(6-8-24)9-12-30-28(29)38/h5-8,17,19H,4,9-16,18H2,1-3H3,(H,30,38). The fraction of sp³-hybridized carbons (Fsp3) is 0.483. The van der Waals surface area contributed by atoms with Gasteiger partial charge in [-0.15, -0.1) is 5.10 Å². The minimum atomic E-state index is -0.716. The molecule has 2 aromatic heterocycles. The number of hydrogen-bond donors (Lipinski definition) is 1. The number of benzene rings is 1. The van der Waals surface area contributed by atoms with E-state index >= 15 is 0 Å². The maximum absolute atomic E-state index is 13.7. The number of hydrogen-bond acceptors (Lipinski definition) is 6. The number of aryl methyl sites for hydroxylation is 3. The Morgan fingerprint density at radius 3 is 2.56 bits per heavy atom. The van der Waals surface area contributed by atoms with Crippen LogP contribution in [0.1, 0.15) is 52.1 Å². The summed E-state index contributed by atoms with van der Waals surface area (Å²) in [5.74, 6) is 0.519. The molecule has 0 saturated carbocycles. The highest BCUT2D eigenvalue weighted by Gasteiger charge is 2.43. The summed E-state index contributed by atoms with van der Waals surface area (Å²) < 4.78 is 9.14. The number of aromatic nitrogens is 4. The second-order valence-electron chi connectivity index (χ2n) is 10.8. The largest absolute Gasteiger partial charge is 0.494 e. The first-order chi connectivity index (χ1) is 18.8. The van der Waals surface area contributed by atoms with Crippen LogP contribution in [0.4, 0.5) is 0 Å². The van der Waals surface area contributed by atoms with E-state index in [4.69, 9.17) is 4.74 Å². The maximum Gasteiger partial charge on any atom is 0.263 e. The predicted octanol–water partition coefficient (Wildman–Crippen LogP) is 2.20. The maximum atomic E-state index is 13.7. The van der Waals surface area contributed by atoms with Gasteiger partial charge in [-0.25, -0.2) is 0 Å². The molecular weight excluding hydrogens is 496 g/mol. The first-order valence-electron chi connectivity index (χ1n) is 13.6. The summed E-state index contributed by atoms with van der Waals surface area (Å²) >= 11 is 0. The predicted molar refractivity (Wildman–Crippen MR) is 146 cm³/mol. The minimum Gasteiger partial charge on any atom is -0.494 e. The molecule has 4 bridgehead atoms. The second kappa shape index (κ2) is 11.0. The summed E-state index contributed by atoms with van der Waals surface area (Å²) in [5, 5.41) is 11.8. The molecular formula is C29H36N6O4. The molecule has 39 heavy (non-hydrogen) atoms. The summed E-state index contributed by atoms with van der Waals surface area (Å²) in [4.78, 5) is 41.8. The van der Waals surface area contributed by atoms with Crippen LogP contribution in [0.5, 0.6) is 5.75 Å². The van der Waals surface area contributed by atoms with Gasteiger partial charge < -0.3 is 19.5 Å². The molecule has 3 aliphatic heterocycles. The lowest BCUT2D eigenvalue weighted by molar-refractivity contribution is -0.133. The van der Waals surface area contributed by atoms with Crippen LogP contribution in [0, 0.1) is 19.3 Å². The van der Waals surface area contributed by atoms with Crippen LogP contribution in [0.3, 0.4) is 0 Å². The summed E-state index contributed by atoms with van der Waals surface area (Å²) in [7, 11) is 1.68. The molecule has 1 saturated heterocycles. The molecule has 0 unspecified atom stereocenters. The van der Waals surface area contributed by atoms with Gasteiger partial charge in [0.15, 0.2) is 0 Å². The Labute approximate surface area is 228 Å². The third kappa shape index (κ3) is 5.60. The van der Waals surface area contributed by atoms with Crippen LogP contribution >= 0.6 is 0 Å². The lowest BCUT2D eigenvalue weighted by Gasteiger charge is -2.40. The number of nitrogens with zero attached hydrogens (tertiary/aromatic N) is 5. The van der Waals surface area contributed by atoms with Crippen molar-refractivity contribution in [3.8, 4) is 5.75 Å². The van der Waals surface area contributed by atoms with Gasteiger partial charge in [0.05, 0.1) is 17.7 Å². The number of amides is 2. The Kier molecular flexibility index (Phi) is 7.54. The van der Waals surface area contributed by atoms with E-state index < -0.39 is 5.41 Å². The quantitative estimate of drug-likeness (QED) is 0.515. The Bertz CT molecular complexity index is 1420. The zero-order chi connectivity index (χ0) is 27.6. The molecule has 5 heterocycles. The number of carbonyl (C=O) groups is 2. The molecule has 1 fully saturated rings. The number of nitrogens with one attached hydrogen (secondary N) is 1. The molecule has 3 aromatic rings. The SMILES string of the molecule is Cc1cc(C)n(C)c(=O)c1C(=O)N1CCC2(CC1)Cc1cn(nn1)CCCOc1ccc(cc1)CCNC2=O. The Morgan fingerprint density at radius 2 is 1.82 bits per heavy atom. The summed E-state index contributed by atoms with van der Waals surface area (Å²) in [5.41, 5.74) is 2.56. The van der Waals surface area contributed by atoms with E-state index in [1.54, 1.807) is 23.6 Å². The number of pyridine rings is 1. The van der Waals surface area contributed by atoms with Gasteiger partial charge in [0.25, 0.3) is 11.5 Å². The van der Waals surface area contributed by atoms with Crippen LogP contribution in [0.15, 0.2) is 41.3 Å². The molecule has 3 aliphatic rings. The van der Waals surface area contributed by atoms with Crippen molar-refractivity contribution in [2.75, 3.05) is 26.2 Å². The molecule has 1 N–H and O–H groups in total. The monoisotopic (exact) mass is 532 g/mol. The third-order valence-electron chi connectivity index (χ3n) is 8.10. The topological polar surface area (TPSA) is 111 Å². The van der Waals surface area contributed by atoms with E-state index in [1.165, 1.54) is 4.57 Å². The zero-order valence-electron chi connectivity index (χ0n) is 22.9. The third-order valence-corrected chi connectivity index (χ3v) is 8.10. The van der Waals surface area contributed by atoms with Gasteiger partial charge in [-0.1, -0.05) is 17.3 Å². The Balaban J connectivity index is 1.36. The summed E-state index contributed by atoms with van der Waals surface area (Å²) in [6, 6.07) is 9.83. The molecule has 0 aliphatic carbocycles. The first kappa shape index (κ1) is 26.6. The Morgan fingerprint density at radius 1 is 1.08 bits per heavy atom. The van der Waals surface area contributed by atoms with Crippen molar-refractivity contribution in [1.29, 1.82) is 0 Å². The van der Waals surface area contributed by atoms with Crippen molar-refractivity contribution in [2.45, 2.75) is 52.5 Å². The molecule has 6 rings (SSSR count). The second-order valence-corrected chi connectivity index (χ2v) is 10.8. The van der Waals surface area contributed by atoms with E-state index in [0.717, 1.165) is 29.1 Å². The first-order valence-corrected chi connectivity index (χ1v) is 13.6. The van der Waals surface area contributed by atoms with Crippen LogP contribution in [-0.4, -0.2) is 62.5 Å². The lowest BCUT2D eigenvalue weighted by atomic mass is 9.73. The molecule has 206 valence electrons. The molecule has 0 atom stereocenters. The van der Waals surface area contributed by atoms with Gasteiger partial charge in [0.2, 0.25) is 5.91 Å². The average Bonchev–Trinajstić information content (AvgIpc) is 3.37. The van der Waals surface area contributed by atoms with Crippen molar-refractivity contribution in [3.05, 3.63) is 75.0 Å². The van der Waals surface area contributed by atoms with Crippen molar-refractivity contribution in [3.63, 3.8) is 0 Å². The van der Waals surface area contributed by atoms with Gasteiger partial charge in [0, 0.05) is 58.0 Å². The van der Waals surface area contributed by atoms with Crippen molar-refractivity contribution in [2.24, 2.45) is 12.5 Å². The number of piperidine rings is 1. The van der Waals surface area contributed by atoms with E-state index in [-0.39, 0.29) is 22.9 Å². The van der Waals surface area contributed by atoms with E-state index in [1.807, 2.05) is 43.5 Å². The summed E-state index contributed by atoms with van der Waals surface area (Å²) in [6.07, 6.45) is 4.79. The van der Waals surface area contributed by atoms with E-state index in [0.29, 0.717) is 64.0 Å². The molecule has 0 radical (unpaired) electrons. The van der Waals surface area contributed by atoms with Gasteiger partial charge >= 0.3 is 0 Å². The average molecular weight is 533 g/mol. The smallest absolute Gasteiger partial charge is 0.263 e.